The Hall–Kier alpha value is -2.82. The number of benzene rings is 2. The Morgan fingerprint density at radius 3 is 2.03 bits per heavy atom. The molecule has 0 aromatic heterocycles. The minimum Gasteiger partial charge on any atom is -0.497 e. The van der Waals surface area contributed by atoms with Crippen LogP contribution >= 0.6 is 0 Å². The summed E-state index contributed by atoms with van der Waals surface area (Å²) in [7, 11) is 1.61. The summed E-state index contributed by atoms with van der Waals surface area (Å²) in [6.07, 6.45) is 0. The molecule has 29 heavy (non-hydrogen) atoms. The van der Waals surface area contributed by atoms with Gasteiger partial charge in [0.25, 0.3) is 5.91 Å². The first kappa shape index (κ1) is 22.5. The molecule has 5 heteroatoms. The molecule has 0 saturated heterocycles. The standard InChI is InChI=1S/C24H32N2O3/c1-16(2)21(23(28)25-15-17-7-13-20(29-6)14-8-17)26-22(27)18-9-11-19(12-10-18)24(3,4)5/h7-14,16,21H,15H2,1-6H3,(H,25,28)(H,26,27). The van der Waals surface area contributed by atoms with Crippen molar-refractivity contribution in [1.29, 1.82) is 0 Å². The maximum atomic E-state index is 12.7. The molecule has 5 nitrogen and oxygen atoms in total. The monoisotopic (exact) mass is 396 g/mol. The summed E-state index contributed by atoms with van der Waals surface area (Å²) < 4.78 is 5.14. The summed E-state index contributed by atoms with van der Waals surface area (Å²) in [5.41, 5.74) is 2.70. The van der Waals surface area contributed by atoms with Crippen molar-refractivity contribution in [3.8, 4) is 5.75 Å². The van der Waals surface area contributed by atoms with E-state index in [0.29, 0.717) is 12.1 Å². The summed E-state index contributed by atoms with van der Waals surface area (Å²) in [4.78, 5) is 25.3. The molecule has 2 N–H and O–H groups in total. The second-order valence-electron chi connectivity index (χ2n) is 8.59. The van der Waals surface area contributed by atoms with Crippen molar-refractivity contribution in [2.24, 2.45) is 5.92 Å². The van der Waals surface area contributed by atoms with E-state index in [4.69, 9.17) is 4.74 Å². The third-order valence-electron chi connectivity index (χ3n) is 4.87. The van der Waals surface area contributed by atoms with Gasteiger partial charge in [0.1, 0.15) is 11.8 Å². The van der Waals surface area contributed by atoms with Gasteiger partial charge in [-0.25, -0.2) is 0 Å². The first-order valence-corrected chi connectivity index (χ1v) is 9.94. The van der Waals surface area contributed by atoms with E-state index >= 15 is 0 Å². The average Bonchev–Trinajstić information content (AvgIpc) is 2.69. The Morgan fingerprint density at radius 1 is 0.966 bits per heavy atom. The molecule has 0 saturated carbocycles. The number of carbonyl (C=O) groups excluding carboxylic acids is 2. The highest BCUT2D eigenvalue weighted by molar-refractivity contribution is 5.97. The number of methoxy groups -OCH3 is 1. The summed E-state index contributed by atoms with van der Waals surface area (Å²) in [6, 6.07) is 14.4. The van der Waals surface area contributed by atoms with Crippen LogP contribution in [-0.4, -0.2) is 25.0 Å². The van der Waals surface area contributed by atoms with Crippen molar-refractivity contribution in [3.05, 3.63) is 65.2 Å². The normalized spacial score (nSPS) is 12.4. The second-order valence-corrected chi connectivity index (χ2v) is 8.59. The van der Waals surface area contributed by atoms with E-state index in [1.165, 1.54) is 0 Å². The summed E-state index contributed by atoms with van der Waals surface area (Å²) in [5, 5.41) is 5.78. The van der Waals surface area contributed by atoms with Gasteiger partial charge in [0.05, 0.1) is 7.11 Å². The van der Waals surface area contributed by atoms with Crippen LogP contribution < -0.4 is 15.4 Å². The average molecular weight is 397 g/mol. The van der Waals surface area contributed by atoms with Crippen LogP contribution in [0, 0.1) is 5.92 Å². The van der Waals surface area contributed by atoms with E-state index in [1.807, 2.05) is 62.4 Å². The van der Waals surface area contributed by atoms with Gasteiger partial charge in [-0.3, -0.25) is 9.59 Å². The van der Waals surface area contributed by atoms with Gasteiger partial charge >= 0.3 is 0 Å². The van der Waals surface area contributed by atoms with Crippen LogP contribution in [0.15, 0.2) is 48.5 Å². The molecule has 0 aliphatic heterocycles. The van der Waals surface area contributed by atoms with Crippen LogP contribution in [0.5, 0.6) is 5.75 Å². The topological polar surface area (TPSA) is 67.4 Å². The van der Waals surface area contributed by atoms with Gasteiger partial charge in [0.15, 0.2) is 0 Å². The zero-order valence-corrected chi connectivity index (χ0v) is 18.2. The van der Waals surface area contributed by atoms with E-state index in [1.54, 1.807) is 7.11 Å². The highest BCUT2D eigenvalue weighted by Gasteiger charge is 2.24. The molecular weight excluding hydrogens is 364 g/mol. The van der Waals surface area contributed by atoms with Crippen LogP contribution in [-0.2, 0) is 16.8 Å². The van der Waals surface area contributed by atoms with Crippen LogP contribution in [0.2, 0.25) is 0 Å². The first-order valence-electron chi connectivity index (χ1n) is 9.94. The molecule has 0 heterocycles. The lowest BCUT2D eigenvalue weighted by Gasteiger charge is -2.22. The predicted molar refractivity (Wildman–Crippen MR) is 116 cm³/mol. The van der Waals surface area contributed by atoms with E-state index in [-0.39, 0.29) is 23.1 Å². The molecule has 1 unspecified atom stereocenters. The molecule has 156 valence electrons. The Bertz CT molecular complexity index is 819. The summed E-state index contributed by atoms with van der Waals surface area (Å²) >= 11 is 0. The maximum Gasteiger partial charge on any atom is 0.251 e. The number of hydrogen-bond donors (Lipinski definition) is 2. The smallest absolute Gasteiger partial charge is 0.251 e. The van der Waals surface area contributed by atoms with Crippen molar-refractivity contribution in [3.63, 3.8) is 0 Å². The van der Waals surface area contributed by atoms with E-state index in [0.717, 1.165) is 16.9 Å². The highest BCUT2D eigenvalue weighted by Crippen LogP contribution is 2.22. The molecule has 2 amide bonds. The highest BCUT2D eigenvalue weighted by atomic mass is 16.5. The number of ether oxygens (including phenoxy) is 1. The van der Waals surface area contributed by atoms with E-state index in [9.17, 15) is 9.59 Å². The molecule has 0 bridgehead atoms. The SMILES string of the molecule is COc1ccc(CNC(=O)C(NC(=O)c2ccc(C(C)(C)C)cc2)C(C)C)cc1. The van der Waals surface area contributed by atoms with Crippen LogP contribution in [0.1, 0.15) is 56.1 Å². The zero-order chi connectivity index (χ0) is 21.6. The van der Waals surface area contributed by atoms with Gasteiger partial charge in [-0.15, -0.1) is 0 Å². The fourth-order valence-corrected chi connectivity index (χ4v) is 2.92. The quantitative estimate of drug-likeness (QED) is 0.741. The third-order valence-corrected chi connectivity index (χ3v) is 4.87. The molecule has 0 aliphatic carbocycles. The van der Waals surface area contributed by atoms with Crippen molar-refractivity contribution in [2.45, 2.75) is 52.6 Å². The van der Waals surface area contributed by atoms with Crippen molar-refractivity contribution in [2.75, 3.05) is 7.11 Å². The van der Waals surface area contributed by atoms with Crippen molar-refractivity contribution >= 4 is 11.8 Å². The lowest BCUT2D eigenvalue weighted by molar-refractivity contribution is -0.124. The van der Waals surface area contributed by atoms with Crippen LogP contribution in [0.25, 0.3) is 0 Å². The number of hydrogen-bond acceptors (Lipinski definition) is 3. The lowest BCUT2D eigenvalue weighted by Crippen LogP contribution is -2.49. The lowest BCUT2D eigenvalue weighted by atomic mass is 9.86. The summed E-state index contributed by atoms with van der Waals surface area (Å²) in [6.45, 7) is 10.6. The number of nitrogens with one attached hydrogen (secondary N) is 2. The molecule has 0 radical (unpaired) electrons. The van der Waals surface area contributed by atoms with Crippen LogP contribution in [0.4, 0.5) is 0 Å². The predicted octanol–water partition coefficient (Wildman–Crippen LogP) is 4.06. The molecule has 2 aromatic rings. The molecule has 1 atom stereocenters. The number of rotatable bonds is 7. The third kappa shape index (κ3) is 6.34. The Balaban J connectivity index is 2.00. The molecule has 0 aliphatic rings. The minimum atomic E-state index is -0.608. The zero-order valence-electron chi connectivity index (χ0n) is 18.2. The fourth-order valence-electron chi connectivity index (χ4n) is 2.92. The van der Waals surface area contributed by atoms with Crippen LogP contribution in [0.3, 0.4) is 0 Å². The second kappa shape index (κ2) is 9.59. The van der Waals surface area contributed by atoms with Gasteiger partial charge in [0, 0.05) is 12.1 Å². The van der Waals surface area contributed by atoms with Gasteiger partial charge in [-0.05, 0) is 46.7 Å². The molecular formula is C24H32N2O3. The molecule has 2 rings (SSSR count). The van der Waals surface area contributed by atoms with Gasteiger partial charge in [-0.1, -0.05) is 58.9 Å². The van der Waals surface area contributed by atoms with Gasteiger partial charge in [0.2, 0.25) is 5.91 Å². The summed E-state index contributed by atoms with van der Waals surface area (Å²) in [5.74, 6) is 0.285. The minimum absolute atomic E-state index is 0.0246. The first-order chi connectivity index (χ1) is 13.6. The van der Waals surface area contributed by atoms with E-state index in [2.05, 4.69) is 31.4 Å². The molecule has 0 spiro atoms. The van der Waals surface area contributed by atoms with E-state index < -0.39 is 6.04 Å². The number of amides is 2. The molecule has 2 aromatic carbocycles. The Labute approximate surface area is 173 Å². The van der Waals surface area contributed by atoms with Crippen molar-refractivity contribution in [1.82, 2.24) is 10.6 Å². The Kier molecular flexibility index (Phi) is 7.43. The number of carbonyl (C=O) groups is 2. The fraction of sp³-hybridized carbons (Fsp3) is 0.417. The maximum absolute atomic E-state index is 12.7. The van der Waals surface area contributed by atoms with Crippen molar-refractivity contribution < 1.29 is 14.3 Å². The van der Waals surface area contributed by atoms with Gasteiger partial charge < -0.3 is 15.4 Å². The molecule has 0 fully saturated rings. The Morgan fingerprint density at radius 2 is 1.55 bits per heavy atom. The van der Waals surface area contributed by atoms with Gasteiger partial charge in [-0.2, -0.15) is 0 Å². The largest absolute Gasteiger partial charge is 0.497 e.